The van der Waals surface area contributed by atoms with E-state index in [4.69, 9.17) is 0 Å². The average Bonchev–Trinajstić information content (AvgIpc) is 2.75. The van der Waals surface area contributed by atoms with Crippen LogP contribution in [0.3, 0.4) is 0 Å². The fourth-order valence-corrected chi connectivity index (χ4v) is 2.71. The zero-order valence-corrected chi connectivity index (χ0v) is 13.3. The number of anilines is 2. The fourth-order valence-electron chi connectivity index (χ4n) is 1.72. The van der Waals surface area contributed by atoms with E-state index >= 15 is 0 Å². The molecule has 100 valence electrons. The summed E-state index contributed by atoms with van der Waals surface area (Å²) in [4.78, 5) is 12.3. The number of halogens is 1. The summed E-state index contributed by atoms with van der Waals surface area (Å²) < 4.78 is 5.22. The Hall–Kier alpha value is -1.40. The topological polar surface area (TPSA) is 54.0 Å². The van der Waals surface area contributed by atoms with E-state index in [0.29, 0.717) is 5.56 Å². The third-order valence-corrected chi connectivity index (χ3v) is 4.58. The number of hydrogen-bond donors (Lipinski definition) is 2. The smallest absolute Gasteiger partial charge is 0.260 e. The van der Waals surface area contributed by atoms with E-state index in [-0.39, 0.29) is 5.91 Å². The largest absolute Gasteiger partial charge is 0.378 e. The van der Waals surface area contributed by atoms with E-state index < -0.39 is 0 Å². The quantitative estimate of drug-likeness (QED) is 0.893. The molecule has 0 atom stereocenters. The van der Waals surface area contributed by atoms with Gasteiger partial charge in [-0.1, -0.05) is 15.9 Å². The Morgan fingerprint density at radius 2 is 2.11 bits per heavy atom. The van der Waals surface area contributed by atoms with Gasteiger partial charge in [-0.15, -0.1) is 0 Å². The Labute approximate surface area is 124 Å². The minimum absolute atomic E-state index is 0.141. The summed E-state index contributed by atoms with van der Waals surface area (Å²) >= 11 is 4.73. The van der Waals surface area contributed by atoms with Crippen molar-refractivity contribution in [3.63, 3.8) is 0 Å². The maximum Gasteiger partial charge on any atom is 0.260 e. The summed E-state index contributed by atoms with van der Waals surface area (Å²) in [7, 11) is 1.79. The molecular formula is C13H14BrN3OS. The van der Waals surface area contributed by atoms with Crippen LogP contribution in [0, 0.1) is 13.8 Å². The van der Waals surface area contributed by atoms with E-state index in [1.54, 1.807) is 7.05 Å². The molecule has 1 heterocycles. The first kappa shape index (κ1) is 14.0. The summed E-state index contributed by atoms with van der Waals surface area (Å²) in [5.41, 5.74) is 3.19. The van der Waals surface area contributed by atoms with E-state index in [0.717, 1.165) is 26.4 Å². The van der Waals surface area contributed by atoms with Crippen LogP contribution in [0.2, 0.25) is 0 Å². The molecule has 0 aliphatic rings. The Morgan fingerprint density at radius 3 is 2.74 bits per heavy atom. The number of hydrogen-bond acceptors (Lipinski definition) is 4. The minimum atomic E-state index is -0.141. The monoisotopic (exact) mass is 339 g/mol. The maximum atomic E-state index is 12.3. The molecule has 4 nitrogen and oxygen atoms in total. The van der Waals surface area contributed by atoms with Crippen LogP contribution in [0.1, 0.15) is 21.6 Å². The molecule has 0 saturated heterocycles. The summed E-state index contributed by atoms with van der Waals surface area (Å²) in [6, 6.07) is 5.71. The van der Waals surface area contributed by atoms with Crippen LogP contribution in [0.5, 0.6) is 0 Å². The number of rotatable bonds is 3. The lowest BCUT2D eigenvalue weighted by atomic mass is 10.2. The summed E-state index contributed by atoms with van der Waals surface area (Å²) in [6.07, 6.45) is 0. The molecule has 19 heavy (non-hydrogen) atoms. The Balaban J connectivity index is 2.25. The van der Waals surface area contributed by atoms with Gasteiger partial charge in [0.15, 0.2) is 0 Å². The summed E-state index contributed by atoms with van der Waals surface area (Å²) in [5, 5.41) is 6.67. The third kappa shape index (κ3) is 2.96. The highest BCUT2D eigenvalue weighted by atomic mass is 79.9. The van der Waals surface area contributed by atoms with Gasteiger partial charge in [0, 0.05) is 17.2 Å². The van der Waals surface area contributed by atoms with E-state index in [9.17, 15) is 4.79 Å². The average molecular weight is 340 g/mol. The van der Waals surface area contributed by atoms with Gasteiger partial charge in [0.2, 0.25) is 0 Å². The van der Waals surface area contributed by atoms with Gasteiger partial charge >= 0.3 is 0 Å². The summed E-state index contributed by atoms with van der Waals surface area (Å²) in [6.45, 7) is 3.81. The normalized spacial score (nSPS) is 10.3. The molecule has 1 aromatic carbocycles. The molecule has 0 fully saturated rings. The summed E-state index contributed by atoms with van der Waals surface area (Å²) in [5.74, 6) is -0.141. The van der Waals surface area contributed by atoms with Gasteiger partial charge in [0.05, 0.1) is 11.3 Å². The van der Waals surface area contributed by atoms with Crippen LogP contribution in [0.4, 0.5) is 10.7 Å². The van der Waals surface area contributed by atoms with Crippen molar-refractivity contribution >= 4 is 44.1 Å². The van der Waals surface area contributed by atoms with Gasteiger partial charge in [-0.3, -0.25) is 4.79 Å². The Kier molecular flexibility index (Phi) is 4.21. The predicted octanol–water partition coefficient (Wildman–Crippen LogP) is 3.82. The van der Waals surface area contributed by atoms with Crippen molar-refractivity contribution in [1.29, 1.82) is 0 Å². The highest BCUT2D eigenvalue weighted by Crippen LogP contribution is 2.26. The number of carbonyl (C=O) groups is 1. The lowest BCUT2D eigenvalue weighted by molar-refractivity contribution is 0.102. The third-order valence-electron chi connectivity index (χ3n) is 2.73. The van der Waals surface area contributed by atoms with Crippen molar-refractivity contribution in [3.8, 4) is 0 Å². The van der Waals surface area contributed by atoms with Crippen LogP contribution in [0.25, 0.3) is 0 Å². The lowest BCUT2D eigenvalue weighted by Gasteiger charge is -2.08. The van der Waals surface area contributed by atoms with Gasteiger partial charge in [-0.25, -0.2) is 0 Å². The van der Waals surface area contributed by atoms with Crippen LogP contribution < -0.4 is 10.6 Å². The second kappa shape index (κ2) is 5.71. The first-order chi connectivity index (χ1) is 9.02. The molecule has 0 bridgehead atoms. The number of nitrogens with zero attached hydrogens (tertiary/aromatic N) is 1. The zero-order chi connectivity index (χ0) is 14.0. The molecule has 0 radical (unpaired) electrons. The molecular weight excluding hydrogens is 326 g/mol. The van der Waals surface area contributed by atoms with E-state index in [1.165, 1.54) is 11.5 Å². The molecule has 1 aromatic heterocycles. The number of amides is 1. The number of nitrogens with one attached hydrogen (secondary N) is 2. The van der Waals surface area contributed by atoms with Crippen molar-refractivity contribution in [2.24, 2.45) is 0 Å². The zero-order valence-electron chi connectivity index (χ0n) is 10.9. The van der Waals surface area contributed by atoms with Gasteiger partial charge in [0.1, 0.15) is 5.00 Å². The van der Waals surface area contributed by atoms with E-state index in [2.05, 4.69) is 30.9 Å². The standard InChI is InChI=1S/C13H14BrN3OS/c1-7-6-9(4-5-10(7)14)16-12(18)11-8(2)17-19-13(11)15-3/h4-6,15H,1-3H3,(H,16,18). The molecule has 2 aromatic rings. The van der Waals surface area contributed by atoms with Gasteiger partial charge in [-0.05, 0) is 49.1 Å². The minimum Gasteiger partial charge on any atom is -0.378 e. The molecule has 0 aliphatic heterocycles. The highest BCUT2D eigenvalue weighted by molar-refractivity contribution is 9.10. The van der Waals surface area contributed by atoms with E-state index in [1.807, 2.05) is 32.0 Å². The number of aromatic nitrogens is 1. The maximum absolute atomic E-state index is 12.3. The Morgan fingerprint density at radius 1 is 1.37 bits per heavy atom. The van der Waals surface area contributed by atoms with Crippen LogP contribution in [-0.4, -0.2) is 17.3 Å². The first-order valence-electron chi connectivity index (χ1n) is 5.74. The SMILES string of the molecule is CNc1snc(C)c1C(=O)Nc1ccc(Br)c(C)c1. The number of aryl methyl sites for hydroxylation is 2. The first-order valence-corrected chi connectivity index (χ1v) is 7.31. The Bertz CT molecular complexity index is 624. The van der Waals surface area contributed by atoms with Crippen molar-refractivity contribution < 1.29 is 4.79 Å². The molecule has 0 spiro atoms. The fraction of sp³-hybridized carbons (Fsp3) is 0.231. The van der Waals surface area contributed by atoms with Crippen molar-refractivity contribution in [2.45, 2.75) is 13.8 Å². The predicted molar refractivity (Wildman–Crippen MR) is 83.2 cm³/mol. The molecule has 1 amide bonds. The van der Waals surface area contributed by atoms with Crippen LogP contribution in [-0.2, 0) is 0 Å². The van der Waals surface area contributed by atoms with Crippen LogP contribution in [0.15, 0.2) is 22.7 Å². The molecule has 2 rings (SSSR count). The van der Waals surface area contributed by atoms with Crippen molar-refractivity contribution in [3.05, 3.63) is 39.5 Å². The van der Waals surface area contributed by atoms with Crippen LogP contribution >= 0.6 is 27.5 Å². The van der Waals surface area contributed by atoms with Gasteiger partial charge in [-0.2, -0.15) is 4.37 Å². The number of carbonyl (C=O) groups excluding carboxylic acids is 1. The molecule has 0 aliphatic carbocycles. The van der Waals surface area contributed by atoms with Gasteiger partial charge in [0.25, 0.3) is 5.91 Å². The van der Waals surface area contributed by atoms with Crippen molar-refractivity contribution in [1.82, 2.24) is 4.37 Å². The highest BCUT2D eigenvalue weighted by Gasteiger charge is 2.17. The molecule has 0 saturated carbocycles. The molecule has 2 N–H and O–H groups in total. The van der Waals surface area contributed by atoms with Crippen molar-refractivity contribution in [2.75, 3.05) is 17.7 Å². The number of benzene rings is 1. The molecule has 0 unspecified atom stereocenters. The van der Waals surface area contributed by atoms with Gasteiger partial charge < -0.3 is 10.6 Å². The second-order valence-electron chi connectivity index (χ2n) is 4.14. The lowest BCUT2D eigenvalue weighted by Crippen LogP contribution is -2.14. The second-order valence-corrected chi connectivity index (χ2v) is 5.77. The molecule has 6 heteroatoms.